The van der Waals surface area contributed by atoms with Crippen molar-refractivity contribution in [2.75, 3.05) is 32.1 Å². The summed E-state index contributed by atoms with van der Waals surface area (Å²) in [5.41, 5.74) is 1.50. The van der Waals surface area contributed by atoms with Crippen molar-refractivity contribution < 1.29 is 13.9 Å². The third kappa shape index (κ3) is 4.61. The van der Waals surface area contributed by atoms with Crippen molar-refractivity contribution in [2.45, 2.75) is 38.1 Å². The van der Waals surface area contributed by atoms with Crippen LogP contribution in [0.15, 0.2) is 42.7 Å². The molecule has 2 aliphatic heterocycles. The Hall–Kier alpha value is -3.26. The zero-order chi connectivity index (χ0) is 22.8. The number of nitrogens with one attached hydrogen (secondary N) is 1. The largest absolute Gasteiger partial charge is 0.493 e. The van der Waals surface area contributed by atoms with E-state index < -0.39 is 5.91 Å². The highest BCUT2D eigenvalue weighted by molar-refractivity contribution is 6.06. The maximum Gasteiger partial charge on any atom is 0.260 e. The van der Waals surface area contributed by atoms with Crippen LogP contribution < -0.4 is 10.1 Å². The van der Waals surface area contributed by atoms with Crippen LogP contribution in [0.4, 0.5) is 10.2 Å². The van der Waals surface area contributed by atoms with Gasteiger partial charge in [-0.2, -0.15) is 0 Å². The number of ether oxygens (including phenoxy) is 1. The molecule has 3 aromatic rings. The Bertz CT molecular complexity index is 1150. The minimum Gasteiger partial charge on any atom is -0.493 e. The van der Waals surface area contributed by atoms with E-state index in [1.807, 2.05) is 18.3 Å². The predicted octanol–water partition coefficient (Wildman–Crippen LogP) is 4.32. The fraction of sp³-hybridized carbons (Fsp3) is 0.400. The van der Waals surface area contributed by atoms with E-state index >= 15 is 4.39 Å². The smallest absolute Gasteiger partial charge is 0.260 e. The van der Waals surface area contributed by atoms with Crippen molar-refractivity contribution in [3.05, 3.63) is 59.7 Å². The maximum absolute atomic E-state index is 15.2. The highest BCUT2D eigenvalue weighted by Gasteiger charge is 2.25. The highest BCUT2D eigenvalue weighted by atomic mass is 19.1. The third-order valence-corrected chi connectivity index (χ3v) is 6.49. The molecule has 2 aliphatic rings. The number of rotatable bonds is 1. The SMILES string of the molecule is CN1CCC(c2cc3c(cc2F)C(=O)Nc2cccc(n2)-c2nccn2CCCCO3)CC1. The van der Waals surface area contributed by atoms with Crippen LogP contribution in [0, 0.1) is 5.82 Å². The zero-order valence-electron chi connectivity index (χ0n) is 18.8. The molecule has 0 spiro atoms. The van der Waals surface area contributed by atoms with E-state index in [4.69, 9.17) is 4.74 Å². The molecule has 0 atom stereocenters. The predicted molar refractivity (Wildman–Crippen MR) is 124 cm³/mol. The van der Waals surface area contributed by atoms with Gasteiger partial charge in [-0.25, -0.2) is 14.4 Å². The number of carbonyl (C=O) groups is 1. The summed E-state index contributed by atoms with van der Waals surface area (Å²) in [6.07, 6.45) is 7.15. The lowest BCUT2D eigenvalue weighted by Gasteiger charge is -2.29. The van der Waals surface area contributed by atoms with E-state index in [0.717, 1.165) is 51.1 Å². The molecule has 4 heterocycles. The van der Waals surface area contributed by atoms with Crippen LogP contribution in [0.3, 0.4) is 0 Å². The molecule has 33 heavy (non-hydrogen) atoms. The number of pyridine rings is 1. The number of aryl methyl sites for hydroxylation is 1. The summed E-state index contributed by atoms with van der Waals surface area (Å²) in [7, 11) is 2.08. The molecule has 5 rings (SSSR count). The van der Waals surface area contributed by atoms with Gasteiger partial charge in [-0.1, -0.05) is 6.07 Å². The highest BCUT2D eigenvalue weighted by Crippen LogP contribution is 2.34. The summed E-state index contributed by atoms with van der Waals surface area (Å²) in [6.45, 7) is 3.10. The molecule has 2 aromatic heterocycles. The summed E-state index contributed by atoms with van der Waals surface area (Å²) >= 11 is 0. The van der Waals surface area contributed by atoms with Gasteiger partial charge in [0.05, 0.1) is 12.2 Å². The number of benzene rings is 1. The fourth-order valence-electron chi connectivity index (χ4n) is 4.60. The molecule has 1 amide bonds. The Morgan fingerprint density at radius 3 is 2.85 bits per heavy atom. The molecule has 0 aliphatic carbocycles. The van der Waals surface area contributed by atoms with Gasteiger partial charge in [0.15, 0.2) is 5.82 Å². The molecule has 1 N–H and O–H groups in total. The first-order valence-electron chi connectivity index (χ1n) is 11.5. The van der Waals surface area contributed by atoms with E-state index in [1.165, 1.54) is 6.07 Å². The van der Waals surface area contributed by atoms with E-state index in [0.29, 0.717) is 29.4 Å². The van der Waals surface area contributed by atoms with Crippen LogP contribution in [0.25, 0.3) is 11.5 Å². The van der Waals surface area contributed by atoms with Gasteiger partial charge in [0, 0.05) is 18.9 Å². The lowest BCUT2D eigenvalue weighted by molar-refractivity contribution is 0.102. The summed E-state index contributed by atoms with van der Waals surface area (Å²) in [6, 6.07) is 8.46. The molecule has 2 bridgehead atoms. The summed E-state index contributed by atoms with van der Waals surface area (Å²) < 4.78 is 23.3. The minimum atomic E-state index is -0.441. The van der Waals surface area contributed by atoms with E-state index in [-0.39, 0.29) is 17.3 Å². The van der Waals surface area contributed by atoms with Gasteiger partial charge in [0.2, 0.25) is 0 Å². The number of anilines is 1. The van der Waals surface area contributed by atoms with Gasteiger partial charge in [-0.15, -0.1) is 0 Å². The van der Waals surface area contributed by atoms with Crippen LogP contribution in [-0.2, 0) is 6.54 Å². The number of halogens is 1. The second-order valence-electron chi connectivity index (χ2n) is 8.81. The topological polar surface area (TPSA) is 72.3 Å². The van der Waals surface area contributed by atoms with E-state index in [1.54, 1.807) is 18.3 Å². The van der Waals surface area contributed by atoms with Crippen LogP contribution in [0.5, 0.6) is 5.75 Å². The Morgan fingerprint density at radius 2 is 2.00 bits per heavy atom. The van der Waals surface area contributed by atoms with Crippen molar-refractivity contribution in [3.8, 4) is 17.3 Å². The molecule has 1 saturated heterocycles. The molecule has 1 fully saturated rings. The first kappa shape index (κ1) is 21.6. The first-order valence-corrected chi connectivity index (χ1v) is 11.5. The summed E-state index contributed by atoms with van der Waals surface area (Å²) in [5.74, 6) is 0.896. The quantitative estimate of drug-likeness (QED) is 0.599. The molecule has 172 valence electrons. The Balaban J connectivity index is 1.49. The van der Waals surface area contributed by atoms with Gasteiger partial charge >= 0.3 is 0 Å². The van der Waals surface area contributed by atoms with Crippen molar-refractivity contribution in [3.63, 3.8) is 0 Å². The number of nitrogens with zero attached hydrogens (tertiary/aromatic N) is 4. The summed E-state index contributed by atoms with van der Waals surface area (Å²) in [4.78, 5) is 24.4. The molecule has 0 unspecified atom stereocenters. The number of likely N-dealkylation sites (tertiary alicyclic amines) is 1. The number of fused-ring (bicyclic) bond motifs is 5. The second kappa shape index (κ2) is 9.31. The Morgan fingerprint density at radius 1 is 1.15 bits per heavy atom. The number of amides is 1. The number of aromatic nitrogens is 3. The lowest BCUT2D eigenvalue weighted by Crippen LogP contribution is -2.29. The van der Waals surface area contributed by atoms with Gasteiger partial charge < -0.3 is 19.5 Å². The van der Waals surface area contributed by atoms with Crippen molar-refractivity contribution in [1.82, 2.24) is 19.4 Å². The number of carbonyl (C=O) groups excluding carboxylic acids is 1. The average Bonchev–Trinajstić information content (AvgIpc) is 3.28. The molecule has 7 nitrogen and oxygen atoms in total. The Labute approximate surface area is 192 Å². The van der Waals surface area contributed by atoms with Crippen LogP contribution in [0.1, 0.15) is 47.5 Å². The fourth-order valence-corrected chi connectivity index (χ4v) is 4.60. The monoisotopic (exact) mass is 449 g/mol. The number of imidazole rings is 1. The maximum atomic E-state index is 15.2. The van der Waals surface area contributed by atoms with Gasteiger partial charge in [-0.05, 0) is 81.6 Å². The first-order chi connectivity index (χ1) is 16.1. The van der Waals surface area contributed by atoms with Crippen molar-refractivity contribution >= 4 is 11.7 Å². The lowest BCUT2D eigenvalue weighted by atomic mass is 9.88. The van der Waals surface area contributed by atoms with E-state index in [2.05, 4.69) is 31.8 Å². The van der Waals surface area contributed by atoms with Crippen LogP contribution in [-0.4, -0.2) is 52.1 Å². The second-order valence-corrected chi connectivity index (χ2v) is 8.81. The summed E-state index contributed by atoms with van der Waals surface area (Å²) in [5, 5.41) is 2.81. The van der Waals surface area contributed by atoms with E-state index in [9.17, 15) is 4.79 Å². The average molecular weight is 450 g/mol. The molecule has 1 aromatic carbocycles. The molecule has 8 heteroatoms. The van der Waals surface area contributed by atoms with Crippen LogP contribution in [0.2, 0.25) is 0 Å². The third-order valence-electron chi connectivity index (χ3n) is 6.49. The molecular formula is C25H28FN5O2. The van der Waals surface area contributed by atoms with Gasteiger partial charge in [0.25, 0.3) is 5.91 Å². The number of piperidine rings is 1. The number of hydrogen-bond donors (Lipinski definition) is 1. The van der Waals surface area contributed by atoms with Crippen molar-refractivity contribution in [1.29, 1.82) is 0 Å². The standard InChI is InChI=1S/C25H28FN5O2/c1-30-11-7-17(8-12-30)18-16-22-19(15-20(18)26)25(32)29-23-6-4-5-21(28-23)24-27-9-13-31(24)10-2-3-14-33-22/h4-6,9,13,15-17H,2-3,7-8,10-12,14H2,1H3,(H,28,29,32). The normalized spacial score (nSPS) is 17.9. The minimum absolute atomic E-state index is 0.129. The zero-order valence-corrected chi connectivity index (χ0v) is 18.8. The van der Waals surface area contributed by atoms with Crippen LogP contribution >= 0.6 is 0 Å². The molecule has 0 saturated carbocycles. The van der Waals surface area contributed by atoms with Crippen molar-refractivity contribution in [2.24, 2.45) is 0 Å². The molecular weight excluding hydrogens is 421 g/mol. The molecule has 0 radical (unpaired) electrons. The Kier molecular flexibility index (Phi) is 6.09. The van der Waals surface area contributed by atoms with Gasteiger partial charge in [0.1, 0.15) is 23.1 Å². The van der Waals surface area contributed by atoms with Gasteiger partial charge in [-0.3, -0.25) is 4.79 Å². The number of hydrogen-bond acceptors (Lipinski definition) is 5.